The highest BCUT2D eigenvalue weighted by Crippen LogP contribution is 2.26. The Morgan fingerprint density at radius 2 is 2.57 bits per heavy atom. The highest BCUT2D eigenvalue weighted by Gasteiger charge is 2.15. The molecule has 1 aliphatic rings. The summed E-state index contributed by atoms with van der Waals surface area (Å²) in [4.78, 5) is 0. The molecule has 1 fully saturated rings. The van der Waals surface area contributed by atoms with Crippen molar-refractivity contribution in [3.63, 3.8) is 0 Å². The van der Waals surface area contributed by atoms with E-state index in [0.29, 0.717) is 12.6 Å². The molecule has 2 heterocycles. The van der Waals surface area contributed by atoms with Crippen molar-refractivity contribution < 1.29 is 0 Å². The summed E-state index contributed by atoms with van der Waals surface area (Å²) < 4.78 is 2.12. The molecule has 1 aromatic rings. The molecule has 1 atom stereocenters. The molecule has 4 heteroatoms. The third-order valence-corrected chi connectivity index (χ3v) is 3.80. The molecule has 0 aromatic carbocycles. The molecule has 1 aliphatic heterocycles. The predicted octanol–water partition coefficient (Wildman–Crippen LogP) is 1.45. The van der Waals surface area contributed by atoms with Crippen LogP contribution in [0, 0.1) is 0 Å². The molecule has 2 N–H and O–H groups in total. The smallest absolute Gasteiger partial charge is 0.0609 e. The monoisotopic (exact) mass is 211 g/mol. The molecular weight excluding hydrogens is 194 g/mol. The molecule has 0 saturated carbocycles. The first-order valence-corrected chi connectivity index (χ1v) is 6.36. The van der Waals surface area contributed by atoms with Gasteiger partial charge in [0.15, 0.2) is 0 Å². The summed E-state index contributed by atoms with van der Waals surface area (Å²) in [6.45, 7) is 0.713. The van der Waals surface area contributed by atoms with Crippen LogP contribution in [0.4, 0.5) is 0 Å². The standard InChI is InChI=1S/C10H17N3S/c11-4-3-9-6-12-13(7-9)10-2-1-5-14-8-10/h6-7,10H,1-5,8,11H2. The van der Waals surface area contributed by atoms with Crippen LogP contribution in [-0.4, -0.2) is 27.8 Å². The normalized spacial score (nSPS) is 22.5. The van der Waals surface area contributed by atoms with E-state index >= 15 is 0 Å². The highest BCUT2D eigenvalue weighted by molar-refractivity contribution is 7.99. The fourth-order valence-electron chi connectivity index (χ4n) is 1.81. The molecule has 3 nitrogen and oxygen atoms in total. The zero-order chi connectivity index (χ0) is 9.80. The van der Waals surface area contributed by atoms with Gasteiger partial charge in [0.05, 0.1) is 12.2 Å². The average molecular weight is 211 g/mol. The molecule has 0 spiro atoms. The minimum atomic E-state index is 0.611. The lowest BCUT2D eigenvalue weighted by Crippen LogP contribution is -2.16. The number of thioether (sulfide) groups is 1. The zero-order valence-corrected chi connectivity index (χ0v) is 9.17. The highest BCUT2D eigenvalue weighted by atomic mass is 32.2. The molecule has 0 bridgehead atoms. The average Bonchev–Trinajstić information content (AvgIpc) is 2.68. The molecule has 78 valence electrons. The van der Waals surface area contributed by atoms with E-state index in [1.165, 1.54) is 29.9 Å². The fourth-order valence-corrected chi connectivity index (χ4v) is 2.93. The molecular formula is C10H17N3S. The van der Waals surface area contributed by atoms with Crippen LogP contribution < -0.4 is 5.73 Å². The Morgan fingerprint density at radius 1 is 1.64 bits per heavy atom. The van der Waals surface area contributed by atoms with Gasteiger partial charge in [-0.15, -0.1) is 0 Å². The summed E-state index contributed by atoms with van der Waals surface area (Å²) in [5, 5.41) is 4.41. The molecule has 14 heavy (non-hydrogen) atoms. The Hall–Kier alpha value is -0.480. The second-order valence-electron chi connectivity index (χ2n) is 3.74. The van der Waals surface area contributed by atoms with Gasteiger partial charge in [-0.2, -0.15) is 16.9 Å². The van der Waals surface area contributed by atoms with Crippen molar-refractivity contribution in [1.82, 2.24) is 9.78 Å². The summed E-state index contributed by atoms with van der Waals surface area (Å²) in [6, 6.07) is 0.611. The quantitative estimate of drug-likeness (QED) is 0.823. The molecule has 0 aliphatic carbocycles. The number of nitrogens with two attached hydrogens (primary N) is 1. The van der Waals surface area contributed by atoms with Crippen molar-refractivity contribution in [2.24, 2.45) is 5.73 Å². The van der Waals surface area contributed by atoms with Crippen molar-refractivity contribution in [3.8, 4) is 0 Å². The lowest BCUT2D eigenvalue weighted by molar-refractivity contribution is 0.454. The van der Waals surface area contributed by atoms with E-state index in [9.17, 15) is 0 Å². The summed E-state index contributed by atoms with van der Waals surface area (Å²) in [5.41, 5.74) is 6.77. The third kappa shape index (κ3) is 2.30. The topological polar surface area (TPSA) is 43.8 Å². The van der Waals surface area contributed by atoms with Crippen LogP contribution >= 0.6 is 11.8 Å². The van der Waals surface area contributed by atoms with Crippen LogP contribution in [0.5, 0.6) is 0 Å². The number of hydrogen-bond donors (Lipinski definition) is 1. The first-order chi connectivity index (χ1) is 6.90. The molecule has 1 aromatic heterocycles. The van der Waals surface area contributed by atoms with Gasteiger partial charge in [0, 0.05) is 11.9 Å². The summed E-state index contributed by atoms with van der Waals surface area (Å²) in [6.07, 6.45) is 7.65. The van der Waals surface area contributed by atoms with Crippen molar-refractivity contribution in [3.05, 3.63) is 18.0 Å². The number of nitrogens with zero attached hydrogens (tertiary/aromatic N) is 2. The minimum Gasteiger partial charge on any atom is -0.330 e. The van der Waals surface area contributed by atoms with Crippen LogP contribution in [0.3, 0.4) is 0 Å². The van der Waals surface area contributed by atoms with Gasteiger partial charge < -0.3 is 5.73 Å². The van der Waals surface area contributed by atoms with E-state index in [0.717, 1.165) is 6.42 Å². The zero-order valence-electron chi connectivity index (χ0n) is 8.35. The van der Waals surface area contributed by atoms with E-state index in [4.69, 9.17) is 5.73 Å². The fraction of sp³-hybridized carbons (Fsp3) is 0.700. The van der Waals surface area contributed by atoms with Gasteiger partial charge in [-0.1, -0.05) is 0 Å². The second-order valence-corrected chi connectivity index (χ2v) is 4.89. The van der Waals surface area contributed by atoms with Crippen LogP contribution in [0.1, 0.15) is 24.4 Å². The Morgan fingerprint density at radius 3 is 3.29 bits per heavy atom. The van der Waals surface area contributed by atoms with Crippen molar-refractivity contribution in [1.29, 1.82) is 0 Å². The summed E-state index contributed by atoms with van der Waals surface area (Å²) in [5.74, 6) is 2.52. The largest absolute Gasteiger partial charge is 0.330 e. The van der Waals surface area contributed by atoms with Crippen LogP contribution in [-0.2, 0) is 6.42 Å². The molecule has 0 radical (unpaired) electrons. The van der Waals surface area contributed by atoms with Gasteiger partial charge in [0.25, 0.3) is 0 Å². The van der Waals surface area contributed by atoms with Gasteiger partial charge in [0.1, 0.15) is 0 Å². The maximum atomic E-state index is 5.51. The van der Waals surface area contributed by atoms with E-state index in [1.54, 1.807) is 0 Å². The van der Waals surface area contributed by atoms with Crippen LogP contribution in [0.25, 0.3) is 0 Å². The molecule has 1 saturated heterocycles. The minimum absolute atomic E-state index is 0.611. The SMILES string of the molecule is NCCc1cnn(C2CCCSC2)c1. The first kappa shape index (κ1) is 10.1. The van der Waals surface area contributed by atoms with Gasteiger partial charge in [-0.05, 0) is 37.1 Å². The predicted molar refractivity (Wildman–Crippen MR) is 60.6 cm³/mol. The molecule has 1 unspecified atom stereocenters. The van der Waals surface area contributed by atoms with E-state index < -0.39 is 0 Å². The molecule has 0 amide bonds. The first-order valence-electron chi connectivity index (χ1n) is 5.21. The van der Waals surface area contributed by atoms with E-state index in [1.807, 2.05) is 18.0 Å². The number of rotatable bonds is 3. The number of hydrogen-bond acceptors (Lipinski definition) is 3. The Kier molecular flexibility index (Phi) is 3.48. The van der Waals surface area contributed by atoms with Gasteiger partial charge in [-0.3, -0.25) is 4.68 Å². The van der Waals surface area contributed by atoms with Crippen LogP contribution in [0.15, 0.2) is 12.4 Å². The van der Waals surface area contributed by atoms with E-state index in [-0.39, 0.29) is 0 Å². The Bertz CT molecular complexity index is 279. The Balaban J connectivity index is 2.00. The Labute approximate surface area is 89.1 Å². The number of aromatic nitrogens is 2. The summed E-state index contributed by atoms with van der Waals surface area (Å²) >= 11 is 2.03. The lowest BCUT2D eigenvalue weighted by atomic mass is 10.2. The lowest BCUT2D eigenvalue weighted by Gasteiger charge is -2.21. The van der Waals surface area contributed by atoms with Crippen molar-refractivity contribution >= 4 is 11.8 Å². The van der Waals surface area contributed by atoms with Gasteiger partial charge >= 0.3 is 0 Å². The third-order valence-electron chi connectivity index (χ3n) is 2.60. The maximum absolute atomic E-state index is 5.51. The molecule has 2 rings (SSSR count). The van der Waals surface area contributed by atoms with Gasteiger partial charge in [-0.25, -0.2) is 0 Å². The van der Waals surface area contributed by atoms with E-state index in [2.05, 4.69) is 16.0 Å². The maximum Gasteiger partial charge on any atom is 0.0609 e. The van der Waals surface area contributed by atoms with Crippen molar-refractivity contribution in [2.45, 2.75) is 25.3 Å². The van der Waals surface area contributed by atoms with Crippen molar-refractivity contribution in [2.75, 3.05) is 18.1 Å². The van der Waals surface area contributed by atoms with Gasteiger partial charge in [0.2, 0.25) is 0 Å². The summed E-state index contributed by atoms with van der Waals surface area (Å²) in [7, 11) is 0. The van der Waals surface area contributed by atoms with Crippen LogP contribution in [0.2, 0.25) is 0 Å². The second kappa shape index (κ2) is 4.84.